The van der Waals surface area contributed by atoms with E-state index in [-0.39, 0.29) is 12.8 Å². The van der Waals surface area contributed by atoms with E-state index < -0.39 is 11.8 Å². The Morgan fingerprint density at radius 3 is 1.43 bits per heavy atom. The molecule has 0 heterocycles. The van der Waals surface area contributed by atoms with Gasteiger partial charge in [0.25, 0.3) is 0 Å². The van der Waals surface area contributed by atoms with Crippen LogP contribution in [0.4, 0.5) is 0 Å². The van der Waals surface area contributed by atoms with Crippen molar-refractivity contribution in [1.82, 2.24) is 10.9 Å². The molecule has 2 amide bonds. The lowest BCUT2D eigenvalue weighted by molar-refractivity contribution is -0.126. The van der Waals surface area contributed by atoms with Crippen molar-refractivity contribution in [2.24, 2.45) is 10.2 Å². The number of hydrogen-bond donors (Lipinski definition) is 2. The van der Waals surface area contributed by atoms with Crippen LogP contribution in [-0.4, -0.2) is 24.2 Å². The molecular weight excluding hydrogens is 664 g/mol. The number of rotatable bonds is 13. The Bertz CT molecular complexity index is 1430. The largest absolute Gasteiger partial charge is 0.488 e. The number of ether oxygens (including phenoxy) is 2. The Morgan fingerprint density at radius 1 is 0.619 bits per heavy atom. The Balaban J connectivity index is 1.23. The summed E-state index contributed by atoms with van der Waals surface area (Å²) in [6.07, 6.45) is 2.89. The minimum atomic E-state index is -0.407. The molecule has 0 fully saturated rings. The molecule has 0 saturated heterocycles. The van der Waals surface area contributed by atoms with Crippen LogP contribution >= 0.6 is 31.9 Å². The molecule has 2 N–H and O–H groups in total. The van der Waals surface area contributed by atoms with Crippen LogP contribution in [0.3, 0.4) is 0 Å². The molecule has 0 aromatic heterocycles. The van der Waals surface area contributed by atoms with E-state index in [4.69, 9.17) is 9.47 Å². The highest BCUT2D eigenvalue weighted by molar-refractivity contribution is 9.10. The van der Waals surface area contributed by atoms with Crippen LogP contribution in [-0.2, 0) is 22.8 Å². The average Bonchev–Trinajstić information content (AvgIpc) is 3.00. The maximum absolute atomic E-state index is 12.3. The van der Waals surface area contributed by atoms with Crippen LogP contribution in [0.15, 0.2) is 116 Å². The zero-order chi connectivity index (χ0) is 29.6. The summed E-state index contributed by atoms with van der Waals surface area (Å²) in [7, 11) is 0. The van der Waals surface area contributed by atoms with E-state index >= 15 is 0 Å². The molecule has 0 spiro atoms. The van der Waals surface area contributed by atoms with Gasteiger partial charge in [-0.05, 0) is 47.5 Å². The van der Waals surface area contributed by atoms with Gasteiger partial charge in [0.05, 0.1) is 12.4 Å². The highest BCUT2D eigenvalue weighted by Gasteiger charge is 2.08. The summed E-state index contributed by atoms with van der Waals surface area (Å²) < 4.78 is 13.5. The van der Waals surface area contributed by atoms with E-state index in [1.807, 2.05) is 97.1 Å². The van der Waals surface area contributed by atoms with Crippen molar-refractivity contribution in [3.63, 3.8) is 0 Å². The van der Waals surface area contributed by atoms with Gasteiger partial charge in [-0.2, -0.15) is 10.2 Å². The average molecular weight is 692 g/mol. The number of hydrazone groups is 2. The van der Waals surface area contributed by atoms with Crippen LogP contribution in [0, 0.1) is 0 Å². The molecule has 0 aliphatic rings. The predicted molar refractivity (Wildman–Crippen MR) is 171 cm³/mol. The summed E-state index contributed by atoms with van der Waals surface area (Å²) in [5.74, 6) is 0.430. The molecule has 10 heteroatoms. The monoisotopic (exact) mass is 690 g/mol. The van der Waals surface area contributed by atoms with E-state index in [9.17, 15) is 9.59 Å². The molecule has 0 atom stereocenters. The lowest BCUT2D eigenvalue weighted by atomic mass is 10.2. The molecule has 0 saturated carbocycles. The van der Waals surface area contributed by atoms with Gasteiger partial charge < -0.3 is 9.47 Å². The third kappa shape index (κ3) is 10.3. The molecule has 0 bridgehead atoms. The maximum atomic E-state index is 12.3. The second-order valence-electron chi connectivity index (χ2n) is 9.00. The van der Waals surface area contributed by atoms with Crippen molar-refractivity contribution in [3.8, 4) is 11.5 Å². The first-order valence-corrected chi connectivity index (χ1v) is 14.6. The minimum Gasteiger partial charge on any atom is -0.488 e. The molecule has 8 nitrogen and oxygen atoms in total. The molecule has 4 aromatic carbocycles. The summed E-state index contributed by atoms with van der Waals surface area (Å²) in [6.45, 7) is 0.799. The first-order chi connectivity index (χ1) is 20.5. The summed E-state index contributed by atoms with van der Waals surface area (Å²) in [5, 5.41) is 8.06. The molecule has 214 valence electrons. The first kappa shape index (κ1) is 30.7. The van der Waals surface area contributed by atoms with E-state index in [0.29, 0.717) is 35.8 Å². The molecular formula is C32H28Br2N4O4. The van der Waals surface area contributed by atoms with Gasteiger partial charge in [-0.3, -0.25) is 9.59 Å². The molecule has 0 aliphatic heterocycles. The van der Waals surface area contributed by atoms with Crippen molar-refractivity contribution >= 4 is 56.1 Å². The lowest BCUT2D eigenvalue weighted by Gasteiger charge is -2.10. The minimum absolute atomic E-state index is 0.0587. The molecule has 0 aliphatic carbocycles. The molecule has 0 unspecified atom stereocenters. The number of carbonyl (C=O) groups is 2. The standard InChI is InChI=1S/C32H28Br2N4O4/c33-27-11-13-29(41-21-23-7-3-1-4-8-23)25(17-27)19-35-37-31(39)15-16-32(40)38-36-20-26-18-28(34)12-14-30(26)42-22-24-9-5-2-6-10-24/h1-14,17-20H,15-16,21-22H2,(H,37,39)(H,38,40). The predicted octanol–water partition coefficient (Wildman–Crippen LogP) is 6.75. The van der Waals surface area contributed by atoms with E-state index in [1.165, 1.54) is 12.4 Å². The van der Waals surface area contributed by atoms with Crippen LogP contribution < -0.4 is 20.3 Å². The Kier molecular flexibility index (Phi) is 11.9. The molecule has 42 heavy (non-hydrogen) atoms. The van der Waals surface area contributed by atoms with Crippen molar-refractivity contribution < 1.29 is 19.1 Å². The number of nitrogens with zero attached hydrogens (tertiary/aromatic N) is 2. The highest BCUT2D eigenvalue weighted by atomic mass is 79.9. The van der Waals surface area contributed by atoms with Crippen molar-refractivity contribution in [2.75, 3.05) is 0 Å². The third-order valence-electron chi connectivity index (χ3n) is 5.78. The smallest absolute Gasteiger partial charge is 0.240 e. The lowest BCUT2D eigenvalue weighted by Crippen LogP contribution is -2.22. The van der Waals surface area contributed by atoms with Gasteiger partial charge in [-0.1, -0.05) is 92.5 Å². The van der Waals surface area contributed by atoms with Gasteiger partial charge in [0.2, 0.25) is 11.8 Å². The quantitative estimate of drug-likeness (QED) is 0.120. The third-order valence-corrected chi connectivity index (χ3v) is 6.77. The summed E-state index contributed by atoms with van der Waals surface area (Å²) >= 11 is 6.89. The fourth-order valence-electron chi connectivity index (χ4n) is 3.66. The zero-order valence-corrected chi connectivity index (χ0v) is 25.7. The Morgan fingerprint density at radius 2 is 1.02 bits per heavy atom. The number of hydrogen-bond acceptors (Lipinski definition) is 6. The fourth-order valence-corrected chi connectivity index (χ4v) is 4.42. The van der Waals surface area contributed by atoms with Crippen molar-refractivity contribution in [2.45, 2.75) is 26.1 Å². The van der Waals surface area contributed by atoms with E-state index in [0.717, 1.165) is 20.1 Å². The summed E-state index contributed by atoms with van der Waals surface area (Å²) in [6, 6.07) is 30.7. The van der Waals surface area contributed by atoms with E-state index in [1.54, 1.807) is 0 Å². The number of amides is 2. The Hall–Kier alpha value is -4.28. The van der Waals surface area contributed by atoms with Gasteiger partial charge >= 0.3 is 0 Å². The number of nitrogens with one attached hydrogen (secondary N) is 2. The topological polar surface area (TPSA) is 101 Å². The molecule has 4 aromatic rings. The zero-order valence-electron chi connectivity index (χ0n) is 22.5. The number of benzene rings is 4. The second-order valence-corrected chi connectivity index (χ2v) is 10.8. The van der Waals surface area contributed by atoms with Crippen LogP contribution in [0.5, 0.6) is 11.5 Å². The summed E-state index contributed by atoms with van der Waals surface area (Å²) in [5.41, 5.74) is 8.34. The van der Waals surface area contributed by atoms with Crippen LogP contribution in [0.2, 0.25) is 0 Å². The van der Waals surface area contributed by atoms with Crippen molar-refractivity contribution in [1.29, 1.82) is 0 Å². The van der Waals surface area contributed by atoms with Gasteiger partial charge in [-0.25, -0.2) is 10.9 Å². The highest BCUT2D eigenvalue weighted by Crippen LogP contribution is 2.24. The van der Waals surface area contributed by atoms with Gasteiger partial charge in [0.1, 0.15) is 24.7 Å². The van der Waals surface area contributed by atoms with Gasteiger partial charge in [0, 0.05) is 32.9 Å². The van der Waals surface area contributed by atoms with Crippen molar-refractivity contribution in [3.05, 3.63) is 128 Å². The number of carbonyl (C=O) groups excluding carboxylic acids is 2. The van der Waals surface area contributed by atoms with E-state index in [2.05, 4.69) is 52.9 Å². The molecule has 4 rings (SSSR count). The normalized spacial score (nSPS) is 11.0. The first-order valence-electron chi connectivity index (χ1n) is 13.0. The van der Waals surface area contributed by atoms with Gasteiger partial charge in [-0.15, -0.1) is 0 Å². The maximum Gasteiger partial charge on any atom is 0.240 e. The fraction of sp³-hybridized carbons (Fsp3) is 0.125. The van der Waals surface area contributed by atoms with Crippen LogP contribution in [0.1, 0.15) is 35.1 Å². The SMILES string of the molecule is O=C(CCC(=O)NN=Cc1cc(Br)ccc1OCc1ccccc1)NN=Cc1cc(Br)ccc1OCc1ccccc1. The Labute approximate surface area is 261 Å². The number of halogens is 2. The second kappa shape index (κ2) is 16.2. The van der Waals surface area contributed by atoms with Gasteiger partial charge in [0.15, 0.2) is 0 Å². The van der Waals surface area contributed by atoms with Crippen LogP contribution in [0.25, 0.3) is 0 Å². The molecule has 0 radical (unpaired) electrons. The summed E-state index contributed by atoms with van der Waals surface area (Å²) in [4.78, 5) is 24.5.